The van der Waals surface area contributed by atoms with Gasteiger partial charge in [0.2, 0.25) is 11.8 Å². The van der Waals surface area contributed by atoms with Gasteiger partial charge in [-0.25, -0.2) is 0 Å². The molecule has 0 unspecified atom stereocenters. The van der Waals surface area contributed by atoms with Crippen LogP contribution in [0.5, 0.6) is 0 Å². The van der Waals surface area contributed by atoms with Crippen molar-refractivity contribution in [3.63, 3.8) is 0 Å². The highest BCUT2D eigenvalue weighted by Crippen LogP contribution is 2.31. The molecule has 2 amide bonds. The highest BCUT2D eigenvalue weighted by atomic mass is 35.5. The fourth-order valence-electron chi connectivity index (χ4n) is 3.16. The number of halogens is 1. The number of aryl methyl sites for hydroxylation is 1. The molecule has 130 valence electrons. The number of amides is 2. The van der Waals surface area contributed by atoms with Crippen molar-refractivity contribution in [1.82, 2.24) is 5.32 Å². The third-order valence-electron chi connectivity index (χ3n) is 4.57. The Kier molecular flexibility index (Phi) is 5.09. The largest absolute Gasteiger partial charge is 0.352 e. The summed E-state index contributed by atoms with van der Waals surface area (Å²) in [6.07, 6.45) is 0.228. The first kappa shape index (κ1) is 17.5. The maximum atomic E-state index is 12.5. The summed E-state index contributed by atoms with van der Waals surface area (Å²) in [6.45, 7) is 4.77. The van der Waals surface area contributed by atoms with Crippen molar-refractivity contribution >= 4 is 29.1 Å². The van der Waals surface area contributed by atoms with Crippen molar-refractivity contribution in [2.24, 2.45) is 5.92 Å². The first-order chi connectivity index (χ1) is 12.0. The first-order valence-electron chi connectivity index (χ1n) is 8.34. The highest BCUT2D eigenvalue weighted by molar-refractivity contribution is 6.31. The van der Waals surface area contributed by atoms with Gasteiger partial charge in [-0.3, -0.25) is 9.59 Å². The van der Waals surface area contributed by atoms with Gasteiger partial charge < -0.3 is 10.2 Å². The number of anilines is 1. The van der Waals surface area contributed by atoms with Gasteiger partial charge >= 0.3 is 0 Å². The number of hydrogen-bond donors (Lipinski definition) is 1. The van der Waals surface area contributed by atoms with Crippen molar-refractivity contribution in [3.8, 4) is 0 Å². The van der Waals surface area contributed by atoms with Gasteiger partial charge in [0.05, 0.1) is 5.92 Å². The van der Waals surface area contributed by atoms with E-state index in [0.29, 0.717) is 18.1 Å². The zero-order valence-corrected chi connectivity index (χ0v) is 15.1. The molecule has 1 N–H and O–H groups in total. The minimum absolute atomic E-state index is 0.0407. The molecular weight excluding hydrogens is 336 g/mol. The van der Waals surface area contributed by atoms with Crippen LogP contribution >= 0.6 is 11.6 Å². The van der Waals surface area contributed by atoms with Gasteiger partial charge in [0.15, 0.2) is 0 Å². The summed E-state index contributed by atoms with van der Waals surface area (Å²) >= 11 is 6.15. The van der Waals surface area contributed by atoms with Crippen molar-refractivity contribution < 1.29 is 9.59 Å². The fourth-order valence-corrected chi connectivity index (χ4v) is 3.33. The summed E-state index contributed by atoms with van der Waals surface area (Å²) in [6, 6.07) is 13.5. The van der Waals surface area contributed by atoms with E-state index >= 15 is 0 Å². The summed E-state index contributed by atoms with van der Waals surface area (Å²) in [5.74, 6) is -0.464. The number of nitrogens with one attached hydrogen (secondary N) is 1. The normalized spacial score (nSPS) is 17.0. The van der Waals surface area contributed by atoms with Crippen LogP contribution in [0.15, 0.2) is 42.5 Å². The lowest BCUT2D eigenvalue weighted by molar-refractivity contribution is -0.126. The van der Waals surface area contributed by atoms with E-state index in [1.807, 2.05) is 50.2 Å². The van der Waals surface area contributed by atoms with E-state index in [9.17, 15) is 9.59 Å². The van der Waals surface area contributed by atoms with Gasteiger partial charge in [0.1, 0.15) is 0 Å². The monoisotopic (exact) mass is 356 g/mol. The number of carbonyl (C=O) groups excluding carboxylic acids is 2. The molecule has 1 aliphatic rings. The summed E-state index contributed by atoms with van der Waals surface area (Å²) in [4.78, 5) is 26.5. The second-order valence-corrected chi connectivity index (χ2v) is 6.90. The van der Waals surface area contributed by atoms with Crippen LogP contribution in [0.25, 0.3) is 0 Å². The molecular formula is C20H21ClN2O2. The lowest BCUT2D eigenvalue weighted by atomic mass is 10.1. The number of hydrogen-bond acceptors (Lipinski definition) is 2. The predicted molar refractivity (Wildman–Crippen MR) is 99.7 cm³/mol. The molecule has 2 aromatic rings. The fraction of sp³-hybridized carbons (Fsp3) is 0.300. The summed E-state index contributed by atoms with van der Waals surface area (Å²) < 4.78 is 0. The van der Waals surface area contributed by atoms with Crippen LogP contribution in [-0.2, 0) is 16.1 Å². The number of rotatable bonds is 4. The van der Waals surface area contributed by atoms with Crippen molar-refractivity contribution in [2.45, 2.75) is 26.8 Å². The predicted octanol–water partition coefficient (Wildman–Crippen LogP) is 3.63. The molecule has 3 rings (SSSR count). The zero-order chi connectivity index (χ0) is 18.0. The van der Waals surface area contributed by atoms with Crippen LogP contribution in [0.3, 0.4) is 0 Å². The zero-order valence-electron chi connectivity index (χ0n) is 14.4. The minimum Gasteiger partial charge on any atom is -0.352 e. The Morgan fingerprint density at radius 3 is 2.76 bits per heavy atom. The molecule has 0 saturated carbocycles. The summed E-state index contributed by atoms with van der Waals surface area (Å²) in [7, 11) is 0. The molecule has 1 fully saturated rings. The second kappa shape index (κ2) is 7.28. The van der Waals surface area contributed by atoms with Crippen molar-refractivity contribution in [1.29, 1.82) is 0 Å². The third-order valence-corrected chi connectivity index (χ3v) is 4.98. The van der Waals surface area contributed by atoms with Gasteiger partial charge in [-0.2, -0.15) is 0 Å². The maximum absolute atomic E-state index is 12.5. The summed E-state index contributed by atoms with van der Waals surface area (Å²) in [5.41, 5.74) is 3.86. The van der Waals surface area contributed by atoms with Crippen LogP contribution in [0.1, 0.15) is 23.1 Å². The van der Waals surface area contributed by atoms with E-state index in [-0.39, 0.29) is 24.2 Å². The second-order valence-electron chi connectivity index (χ2n) is 6.50. The average molecular weight is 357 g/mol. The Morgan fingerprint density at radius 1 is 1.24 bits per heavy atom. The molecule has 0 spiro atoms. The Balaban J connectivity index is 1.65. The van der Waals surface area contributed by atoms with Crippen LogP contribution in [0.4, 0.5) is 5.69 Å². The molecule has 4 nitrogen and oxygen atoms in total. The van der Waals surface area contributed by atoms with Gasteiger partial charge in [-0.05, 0) is 37.1 Å². The molecule has 1 aliphatic heterocycles. The van der Waals surface area contributed by atoms with Gasteiger partial charge in [0.25, 0.3) is 0 Å². The number of nitrogens with zero attached hydrogens (tertiary/aromatic N) is 1. The van der Waals surface area contributed by atoms with Crippen LogP contribution in [0.2, 0.25) is 5.02 Å². The van der Waals surface area contributed by atoms with Gasteiger partial charge in [-0.15, -0.1) is 0 Å². The molecule has 5 heteroatoms. The minimum atomic E-state index is -0.337. The summed E-state index contributed by atoms with van der Waals surface area (Å²) in [5, 5.41) is 3.57. The lowest BCUT2D eigenvalue weighted by Crippen LogP contribution is -2.32. The van der Waals surface area contributed by atoms with E-state index in [0.717, 1.165) is 22.4 Å². The van der Waals surface area contributed by atoms with Crippen molar-refractivity contribution in [3.05, 3.63) is 64.2 Å². The molecule has 1 heterocycles. The quantitative estimate of drug-likeness (QED) is 0.909. The molecule has 1 saturated heterocycles. The average Bonchev–Trinajstić information content (AvgIpc) is 2.97. The van der Waals surface area contributed by atoms with Crippen LogP contribution < -0.4 is 10.2 Å². The SMILES string of the molecule is Cc1cccc(CNC(=O)[C@H]2CC(=O)N(c3cccc(Cl)c3C)C2)c1. The maximum Gasteiger partial charge on any atom is 0.227 e. The topological polar surface area (TPSA) is 49.4 Å². The number of carbonyl (C=O) groups is 2. The third kappa shape index (κ3) is 3.85. The van der Waals surface area contributed by atoms with Crippen LogP contribution in [-0.4, -0.2) is 18.4 Å². The molecule has 0 radical (unpaired) electrons. The molecule has 0 aromatic heterocycles. The standard InChI is InChI=1S/C20H21ClN2O2/c1-13-5-3-6-15(9-13)11-22-20(25)16-10-19(24)23(12-16)18-8-4-7-17(21)14(18)2/h3-9,16H,10-12H2,1-2H3,(H,22,25)/t16-/m0/s1. The van der Waals surface area contributed by atoms with E-state index in [2.05, 4.69) is 5.32 Å². The van der Waals surface area contributed by atoms with Crippen LogP contribution in [0, 0.1) is 19.8 Å². The first-order valence-corrected chi connectivity index (χ1v) is 8.72. The Labute approximate surface area is 152 Å². The van der Waals surface area contributed by atoms with E-state index in [1.54, 1.807) is 11.0 Å². The molecule has 25 heavy (non-hydrogen) atoms. The van der Waals surface area contributed by atoms with E-state index in [1.165, 1.54) is 0 Å². The number of benzene rings is 2. The lowest BCUT2D eigenvalue weighted by Gasteiger charge is -2.19. The van der Waals surface area contributed by atoms with Gasteiger partial charge in [-0.1, -0.05) is 47.5 Å². The molecule has 1 atom stereocenters. The molecule has 2 aromatic carbocycles. The Morgan fingerprint density at radius 2 is 2.00 bits per heavy atom. The van der Waals surface area contributed by atoms with Crippen molar-refractivity contribution in [2.75, 3.05) is 11.4 Å². The highest BCUT2D eigenvalue weighted by Gasteiger charge is 2.35. The Bertz CT molecular complexity index is 819. The molecule has 0 bridgehead atoms. The smallest absolute Gasteiger partial charge is 0.227 e. The Hall–Kier alpha value is -2.33. The molecule has 0 aliphatic carbocycles. The van der Waals surface area contributed by atoms with Gasteiger partial charge in [0, 0.05) is 30.2 Å². The van der Waals surface area contributed by atoms with E-state index in [4.69, 9.17) is 11.6 Å². The van der Waals surface area contributed by atoms with E-state index < -0.39 is 0 Å².